The molecule has 1 saturated heterocycles. The molecule has 1 heterocycles. The van der Waals surface area contributed by atoms with Crippen molar-refractivity contribution in [2.75, 3.05) is 26.2 Å². The van der Waals surface area contributed by atoms with Gasteiger partial charge in [0.25, 0.3) is 11.8 Å². The molecule has 1 fully saturated rings. The standard InChI is InChI=1S/C19H21N3O2/c23-17-13-22(12-11-20-17)14-18(24)21-19(15-7-3-1-4-8-15)16-9-5-2-6-10-16/h1-10,19H,11-14H2,(H,20,23)(H,21,24)/p+1. The lowest BCUT2D eigenvalue weighted by Crippen LogP contribution is -3.16. The van der Waals surface area contributed by atoms with Gasteiger partial charge in [-0.1, -0.05) is 60.7 Å². The quantitative estimate of drug-likeness (QED) is 0.720. The van der Waals surface area contributed by atoms with E-state index in [9.17, 15) is 9.59 Å². The van der Waals surface area contributed by atoms with E-state index in [2.05, 4.69) is 10.6 Å². The maximum atomic E-state index is 12.5. The van der Waals surface area contributed by atoms with Gasteiger partial charge < -0.3 is 15.5 Å². The third-order valence-electron chi connectivity index (χ3n) is 4.19. The molecule has 1 aliphatic heterocycles. The Balaban J connectivity index is 1.72. The Morgan fingerprint density at radius 3 is 2.17 bits per heavy atom. The summed E-state index contributed by atoms with van der Waals surface area (Å²) in [5.74, 6) is -0.0378. The Morgan fingerprint density at radius 1 is 1.04 bits per heavy atom. The first-order valence-corrected chi connectivity index (χ1v) is 8.22. The van der Waals surface area contributed by atoms with E-state index < -0.39 is 0 Å². The van der Waals surface area contributed by atoms with E-state index in [4.69, 9.17) is 0 Å². The molecule has 2 aromatic carbocycles. The van der Waals surface area contributed by atoms with E-state index in [0.717, 1.165) is 22.6 Å². The molecular weight excluding hydrogens is 302 g/mol. The molecule has 1 unspecified atom stereocenters. The van der Waals surface area contributed by atoms with Gasteiger partial charge in [-0.15, -0.1) is 0 Å². The maximum Gasteiger partial charge on any atom is 0.275 e. The summed E-state index contributed by atoms with van der Waals surface area (Å²) in [5.41, 5.74) is 2.09. The average molecular weight is 324 g/mol. The van der Waals surface area contributed by atoms with Gasteiger partial charge >= 0.3 is 0 Å². The van der Waals surface area contributed by atoms with Crippen molar-refractivity contribution in [3.8, 4) is 0 Å². The van der Waals surface area contributed by atoms with Crippen molar-refractivity contribution >= 4 is 11.8 Å². The van der Waals surface area contributed by atoms with E-state index in [1.807, 2.05) is 60.7 Å². The second kappa shape index (κ2) is 7.75. The molecule has 5 heteroatoms. The number of rotatable bonds is 5. The predicted octanol–water partition coefficient (Wildman–Crippen LogP) is -0.0931. The fourth-order valence-corrected chi connectivity index (χ4v) is 3.00. The van der Waals surface area contributed by atoms with E-state index in [-0.39, 0.29) is 17.9 Å². The lowest BCUT2D eigenvalue weighted by Gasteiger charge is -2.25. The number of carbonyl (C=O) groups excluding carboxylic acids is 2. The molecule has 2 aromatic rings. The molecule has 0 aromatic heterocycles. The summed E-state index contributed by atoms with van der Waals surface area (Å²) >= 11 is 0. The van der Waals surface area contributed by atoms with Crippen LogP contribution >= 0.6 is 0 Å². The molecule has 1 aliphatic rings. The van der Waals surface area contributed by atoms with E-state index in [1.54, 1.807) is 0 Å². The molecule has 0 aliphatic carbocycles. The number of amides is 2. The fourth-order valence-electron chi connectivity index (χ4n) is 3.00. The Kier molecular flexibility index (Phi) is 5.23. The number of hydrogen-bond acceptors (Lipinski definition) is 2. The third kappa shape index (κ3) is 4.20. The first-order valence-electron chi connectivity index (χ1n) is 8.22. The van der Waals surface area contributed by atoms with Gasteiger partial charge in [0.2, 0.25) is 0 Å². The lowest BCUT2D eigenvalue weighted by atomic mass is 9.99. The van der Waals surface area contributed by atoms with Crippen molar-refractivity contribution < 1.29 is 14.5 Å². The fraction of sp³-hybridized carbons (Fsp3) is 0.263. The zero-order valence-electron chi connectivity index (χ0n) is 13.5. The van der Waals surface area contributed by atoms with Gasteiger partial charge in [0.05, 0.1) is 19.1 Å². The normalized spacial score (nSPS) is 17.4. The minimum atomic E-state index is -0.182. The zero-order valence-corrected chi connectivity index (χ0v) is 13.5. The summed E-state index contributed by atoms with van der Waals surface area (Å²) in [4.78, 5) is 25.0. The van der Waals surface area contributed by atoms with Crippen molar-refractivity contribution in [1.29, 1.82) is 0 Å². The number of benzene rings is 2. The van der Waals surface area contributed by atoms with Crippen LogP contribution in [0.4, 0.5) is 0 Å². The molecule has 0 spiro atoms. The predicted molar refractivity (Wildman–Crippen MR) is 91.4 cm³/mol. The highest BCUT2D eigenvalue weighted by atomic mass is 16.2. The van der Waals surface area contributed by atoms with Crippen LogP contribution in [0.3, 0.4) is 0 Å². The number of hydrogen-bond donors (Lipinski definition) is 3. The minimum Gasteiger partial charge on any atom is -0.346 e. The number of carbonyl (C=O) groups is 2. The Morgan fingerprint density at radius 2 is 1.62 bits per heavy atom. The highest BCUT2D eigenvalue weighted by molar-refractivity contribution is 5.79. The van der Waals surface area contributed by atoms with Crippen molar-refractivity contribution in [2.45, 2.75) is 6.04 Å². The molecule has 0 radical (unpaired) electrons. The molecule has 0 bridgehead atoms. The molecular formula is C19H22N3O2+. The van der Waals surface area contributed by atoms with Crippen LogP contribution < -0.4 is 15.5 Å². The van der Waals surface area contributed by atoms with Crippen LogP contribution in [0, 0.1) is 0 Å². The monoisotopic (exact) mass is 324 g/mol. The van der Waals surface area contributed by atoms with Crippen LogP contribution in [0.1, 0.15) is 17.2 Å². The molecule has 3 rings (SSSR count). The molecule has 1 atom stereocenters. The van der Waals surface area contributed by atoms with Gasteiger partial charge in [-0.05, 0) is 11.1 Å². The van der Waals surface area contributed by atoms with Crippen molar-refractivity contribution in [3.63, 3.8) is 0 Å². The van der Waals surface area contributed by atoms with Crippen LogP contribution in [0.25, 0.3) is 0 Å². The Bertz CT molecular complexity index is 649. The topological polar surface area (TPSA) is 62.6 Å². The smallest absolute Gasteiger partial charge is 0.275 e. The Labute approximate surface area is 141 Å². The van der Waals surface area contributed by atoms with Crippen LogP contribution in [0.15, 0.2) is 60.7 Å². The molecule has 124 valence electrons. The highest BCUT2D eigenvalue weighted by Gasteiger charge is 2.24. The molecule has 0 saturated carbocycles. The van der Waals surface area contributed by atoms with E-state index in [0.29, 0.717) is 19.6 Å². The van der Waals surface area contributed by atoms with Crippen LogP contribution in [-0.2, 0) is 9.59 Å². The summed E-state index contributed by atoms with van der Waals surface area (Å²) in [6, 6.07) is 19.7. The molecule has 5 nitrogen and oxygen atoms in total. The van der Waals surface area contributed by atoms with Crippen LogP contribution in [0.2, 0.25) is 0 Å². The van der Waals surface area contributed by atoms with Gasteiger partial charge in [0.15, 0.2) is 13.1 Å². The van der Waals surface area contributed by atoms with Crippen molar-refractivity contribution in [2.24, 2.45) is 0 Å². The summed E-state index contributed by atoms with van der Waals surface area (Å²) in [7, 11) is 0. The highest BCUT2D eigenvalue weighted by Crippen LogP contribution is 2.21. The van der Waals surface area contributed by atoms with Crippen molar-refractivity contribution in [3.05, 3.63) is 71.8 Å². The van der Waals surface area contributed by atoms with Gasteiger partial charge in [-0.3, -0.25) is 9.59 Å². The maximum absolute atomic E-state index is 12.5. The molecule has 2 amide bonds. The average Bonchev–Trinajstić information content (AvgIpc) is 2.61. The number of nitrogens with one attached hydrogen (secondary N) is 3. The zero-order chi connectivity index (χ0) is 16.8. The van der Waals surface area contributed by atoms with Gasteiger partial charge in [-0.25, -0.2) is 0 Å². The summed E-state index contributed by atoms with van der Waals surface area (Å²) < 4.78 is 0. The first-order chi connectivity index (χ1) is 11.7. The molecule has 24 heavy (non-hydrogen) atoms. The van der Waals surface area contributed by atoms with Crippen LogP contribution in [-0.4, -0.2) is 38.0 Å². The minimum absolute atomic E-state index is 0.00622. The summed E-state index contributed by atoms with van der Waals surface area (Å²) in [5, 5.41) is 5.91. The Hall–Kier alpha value is -2.66. The van der Waals surface area contributed by atoms with Gasteiger partial charge in [0, 0.05) is 0 Å². The van der Waals surface area contributed by atoms with E-state index in [1.165, 1.54) is 0 Å². The lowest BCUT2D eigenvalue weighted by molar-refractivity contribution is -0.885. The van der Waals surface area contributed by atoms with Gasteiger partial charge in [0.1, 0.15) is 0 Å². The second-order valence-corrected chi connectivity index (χ2v) is 6.03. The third-order valence-corrected chi connectivity index (χ3v) is 4.19. The first kappa shape index (κ1) is 16.2. The second-order valence-electron chi connectivity index (χ2n) is 6.03. The summed E-state index contributed by atoms with van der Waals surface area (Å²) in [6.45, 7) is 2.07. The summed E-state index contributed by atoms with van der Waals surface area (Å²) in [6.07, 6.45) is 0. The number of piperazine rings is 1. The molecule has 3 N–H and O–H groups in total. The van der Waals surface area contributed by atoms with Crippen LogP contribution in [0.5, 0.6) is 0 Å². The van der Waals surface area contributed by atoms with Crippen molar-refractivity contribution in [1.82, 2.24) is 10.6 Å². The number of quaternary nitrogens is 1. The SMILES string of the molecule is O=C1C[NH+](CC(=O)NC(c2ccccc2)c2ccccc2)CCN1. The largest absolute Gasteiger partial charge is 0.346 e. The van der Waals surface area contributed by atoms with E-state index >= 15 is 0 Å². The van der Waals surface area contributed by atoms with Gasteiger partial charge in [-0.2, -0.15) is 0 Å².